The van der Waals surface area contributed by atoms with Gasteiger partial charge in [0, 0.05) is 18.9 Å². The molecule has 5 heteroatoms. The lowest BCUT2D eigenvalue weighted by Gasteiger charge is -2.10. The van der Waals surface area contributed by atoms with E-state index in [-0.39, 0.29) is 0 Å². The maximum Gasteiger partial charge on any atom is 0.151 e. The van der Waals surface area contributed by atoms with Crippen molar-refractivity contribution in [2.24, 2.45) is 0 Å². The summed E-state index contributed by atoms with van der Waals surface area (Å²) in [6, 6.07) is 0. The molecule has 2 aromatic heterocycles. The van der Waals surface area contributed by atoms with Crippen LogP contribution in [0.2, 0.25) is 0 Å². The first-order chi connectivity index (χ1) is 8.24. The highest BCUT2D eigenvalue weighted by Crippen LogP contribution is 2.23. The Morgan fingerprint density at radius 3 is 2.59 bits per heavy atom. The van der Waals surface area contributed by atoms with Crippen molar-refractivity contribution in [3.05, 3.63) is 29.7 Å². The van der Waals surface area contributed by atoms with Crippen LogP contribution < -0.4 is 5.32 Å². The normalized spacial score (nSPS) is 10.3. The van der Waals surface area contributed by atoms with Crippen molar-refractivity contribution in [3.8, 4) is 11.4 Å². The summed E-state index contributed by atoms with van der Waals surface area (Å²) >= 11 is 0. The van der Waals surface area contributed by atoms with Crippen LogP contribution in [-0.4, -0.2) is 26.7 Å². The van der Waals surface area contributed by atoms with Crippen LogP contribution in [0.3, 0.4) is 0 Å². The van der Waals surface area contributed by atoms with Crippen molar-refractivity contribution in [1.82, 2.24) is 20.2 Å². The summed E-state index contributed by atoms with van der Waals surface area (Å²) in [5.41, 5.74) is 3.72. The smallest absolute Gasteiger partial charge is 0.151 e. The second-order valence-corrected chi connectivity index (χ2v) is 3.77. The molecule has 0 spiro atoms. The number of hydrogen-bond donors (Lipinski definition) is 1. The van der Waals surface area contributed by atoms with E-state index in [2.05, 4.69) is 25.5 Å². The highest BCUT2D eigenvalue weighted by molar-refractivity contribution is 5.62. The molecular weight excluding hydrogens is 214 g/mol. The molecular formula is C12H15N5. The Hall–Kier alpha value is -2.04. The third-order valence-electron chi connectivity index (χ3n) is 2.67. The first-order valence-electron chi connectivity index (χ1n) is 5.58. The van der Waals surface area contributed by atoms with E-state index >= 15 is 0 Å². The van der Waals surface area contributed by atoms with Crippen molar-refractivity contribution >= 4 is 5.82 Å². The standard InChI is InChI=1S/C12H15N5/c1-4-14-12-9(3)8(2)11(16-17-12)10-7-13-5-6-15-10/h5-7H,4H2,1-3H3,(H,14,17). The molecule has 2 aromatic rings. The Kier molecular flexibility index (Phi) is 3.27. The fourth-order valence-electron chi connectivity index (χ4n) is 1.61. The average Bonchev–Trinajstić information content (AvgIpc) is 2.36. The molecule has 17 heavy (non-hydrogen) atoms. The second-order valence-electron chi connectivity index (χ2n) is 3.77. The Morgan fingerprint density at radius 1 is 1.12 bits per heavy atom. The van der Waals surface area contributed by atoms with E-state index in [0.29, 0.717) is 0 Å². The topological polar surface area (TPSA) is 63.6 Å². The summed E-state index contributed by atoms with van der Waals surface area (Å²) in [5.74, 6) is 0.831. The minimum atomic E-state index is 0.753. The number of anilines is 1. The van der Waals surface area contributed by atoms with Gasteiger partial charge in [0.25, 0.3) is 0 Å². The minimum Gasteiger partial charge on any atom is -0.369 e. The maximum atomic E-state index is 4.24. The van der Waals surface area contributed by atoms with E-state index in [4.69, 9.17) is 0 Å². The monoisotopic (exact) mass is 229 g/mol. The fourth-order valence-corrected chi connectivity index (χ4v) is 1.61. The molecule has 1 N–H and O–H groups in total. The lowest BCUT2D eigenvalue weighted by Crippen LogP contribution is -2.06. The van der Waals surface area contributed by atoms with Gasteiger partial charge >= 0.3 is 0 Å². The summed E-state index contributed by atoms with van der Waals surface area (Å²) in [4.78, 5) is 8.29. The first kappa shape index (κ1) is 11.4. The number of hydrogen-bond acceptors (Lipinski definition) is 5. The first-order valence-corrected chi connectivity index (χ1v) is 5.58. The SMILES string of the molecule is CCNc1nnc(-c2cnccn2)c(C)c1C. The zero-order valence-electron chi connectivity index (χ0n) is 10.2. The van der Waals surface area contributed by atoms with Gasteiger partial charge in [-0.1, -0.05) is 0 Å². The fraction of sp³-hybridized carbons (Fsp3) is 0.333. The molecule has 2 heterocycles. The molecule has 0 aliphatic rings. The van der Waals surface area contributed by atoms with Crippen LogP contribution in [0.1, 0.15) is 18.1 Å². The van der Waals surface area contributed by atoms with Crippen LogP contribution in [0.15, 0.2) is 18.6 Å². The van der Waals surface area contributed by atoms with E-state index in [0.717, 1.165) is 34.9 Å². The molecule has 0 aromatic carbocycles. The van der Waals surface area contributed by atoms with E-state index in [1.165, 1.54) is 0 Å². The number of rotatable bonds is 3. The van der Waals surface area contributed by atoms with Gasteiger partial charge in [0.2, 0.25) is 0 Å². The third-order valence-corrected chi connectivity index (χ3v) is 2.67. The van der Waals surface area contributed by atoms with Crippen molar-refractivity contribution in [3.63, 3.8) is 0 Å². The Balaban J connectivity index is 2.48. The number of nitrogens with zero attached hydrogens (tertiary/aromatic N) is 4. The Labute approximate surface area is 100 Å². The van der Waals surface area contributed by atoms with Crippen LogP contribution in [0, 0.1) is 13.8 Å². The molecule has 0 amide bonds. The van der Waals surface area contributed by atoms with Crippen LogP contribution in [0.5, 0.6) is 0 Å². The Morgan fingerprint density at radius 2 is 1.94 bits per heavy atom. The summed E-state index contributed by atoms with van der Waals surface area (Å²) < 4.78 is 0. The summed E-state index contributed by atoms with van der Waals surface area (Å²) in [6.07, 6.45) is 5.00. The van der Waals surface area contributed by atoms with Crippen LogP contribution in [-0.2, 0) is 0 Å². The van der Waals surface area contributed by atoms with Gasteiger partial charge in [-0.3, -0.25) is 9.97 Å². The Bertz CT molecular complexity index is 510. The van der Waals surface area contributed by atoms with E-state index < -0.39 is 0 Å². The molecule has 5 nitrogen and oxygen atoms in total. The second kappa shape index (κ2) is 4.86. The van der Waals surface area contributed by atoms with Crippen molar-refractivity contribution in [2.75, 3.05) is 11.9 Å². The molecule has 0 aliphatic heterocycles. The zero-order chi connectivity index (χ0) is 12.3. The van der Waals surface area contributed by atoms with Crippen LogP contribution in [0.4, 0.5) is 5.82 Å². The number of nitrogens with one attached hydrogen (secondary N) is 1. The van der Waals surface area contributed by atoms with Crippen molar-refractivity contribution in [2.45, 2.75) is 20.8 Å². The quantitative estimate of drug-likeness (QED) is 0.871. The molecule has 0 bridgehead atoms. The summed E-state index contributed by atoms with van der Waals surface area (Å²) in [5, 5.41) is 11.6. The lowest BCUT2D eigenvalue weighted by molar-refractivity contribution is 0.977. The molecule has 0 aliphatic carbocycles. The van der Waals surface area contributed by atoms with Gasteiger partial charge < -0.3 is 5.32 Å². The van der Waals surface area contributed by atoms with Gasteiger partial charge in [-0.05, 0) is 31.9 Å². The minimum absolute atomic E-state index is 0.753. The molecule has 0 saturated carbocycles. The maximum absolute atomic E-state index is 4.24. The van der Waals surface area contributed by atoms with Gasteiger partial charge in [0.1, 0.15) is 11.4 Å². The predicted octanol–water partition coefficient (Wildman–Crippen LogP) is 1.98. The van der Waals surface area contributed by atoms with Crippen molar-refractivity contribution < 1.29 is 0 Å². The predicted molar refractivity (Wildman–Crippen MR) is 66.7 cm³/mol. The highest BCUT2D eigenvalue weighted by atomic mass is 15.2. The van der Waals surface area contributed by atoms with Crippen LogP contribution >= 0.6 is 0 Å². The van der Waals surface area contributed by atoms with Gasteiger partial charge in [0.15, 0.2) is 5.82 Å². The number of aromatic nitrogens is 4. The van der Waals surface area contributed by atoms with Gasteiger partial charge in [0.05, 0.1) is 6.20 Å². The zero-order valence-corrected chi connectivity index (χ0v) is 10.2. The van der Waals surface area contributed by atoms with Crippen molar-refractivity contribution in [1.29, 1.82) is 0 Å². The third kappa shape index (κ3) is 2.22. The molecule has 0 radical (unpaired) electrons. The largest absolute Gasteiger partial charge is 0.369 e. The highest BCUT2D eigenvalue weighted by Gasteiger charge is 2.11. The lowest BCUT2D eigenvalue weighted by atomic mass is 10.1. The molecule has 0 fully saturated rings. The van der Waals surface area contributed by atoms with E-state index in [1.807, 2.05) is 20.8 Å². The molecule has 0 unspecified atom stereocenters. The molecule has 88 valence electrons. The van der Waals surface area contributed by atoms with Gasteiger partial charge in [-0.15, -0.1) is 10.2 Å². The summed E-state index contributed by atoms with van der Waals surface area (Å²) in [7, 11) is 0. The van der Waals surface area contributed by atoms with E-state index in [1.54, 1.807) is 18.6 Å². The van der Waals surface area contributed by atoms with Gasteiger partial charge in [-0.25, -0.2) is 0 Å². The molecule has 0 atom stereocenters. The van der Waals surface area contributed by atoms with Crippen LogP contribution in [0.25, 0.3) is 11.4 Å². The average molecular weight is 229 g/mol. The van der Waals surface area contributed by atoms with E-state index in [9.17, 15) is 0 Å². The summed E-state index contributed by atoms with van der Waals surface area (Å²) in [6.45, 7) is 6.92. The van der Waals surface area contributed by atoms with Gasteiger partial charge in [-0.2, -0.15) is 0 Å². The molecule has 2 rings (SSSR count). The molecule has 0 saturated heterocycles.